The van der Waals surface area contributed by atoms with Crippen LogP contribution in [0.25, 0.3) is 0 Å². The van der Waals surface area contributed by atoms with Crippen LogP contribution in [0.2, 0.25) is 5.02 Å². The highest BCUT2D eigenvalue weighted by Crippen LogP contribution is 2.42. The Bertz CT molecular complexity index is 1590. The minimum Gasteiger partial charge on any atom is -0.406 e. The molecule has 0 fully saturated rings. The molecule has 1 aliphatic heterocycles. The van der Waals surface area contributed by atoms with Crippen LogP contribution in [0.15, 0.2) is 108 Å². The van der Waals surface area contributed by atoms with Gasteiger partial charge in [0.15, 0.2) is 0 Å². The van der Waals surface area contributed by atoms with Crippen molar-refractivity contribution in [3.63, 3.8) is 0 Å². The Morgan fingerprint density at radius 1 is 0.810 bits per heavy atom. The summed E-state index contributed by atoms with van der Waals surface area (Å²) in [7, 11) is 0. The summed E-state index contributed by atoms with van der Waals surface area (Å²) in [5.74, 6) is -0.463. The van der Waals surface area contributed by atoms with Crippen LogP contribution < -0.4 is 10.1 Å². The maximum absolute atomic E-state index is 13.4. The number of urea groups is 1. The number of hydrazone groups is 1. The monoisotopic (exact) mass is 603 g/mol. The molecule has 4 aromatic carbocycles. The molecule has 0 saturated carbocycles. The van der Waals surface area contributed by atoms with E-state index in [2.05, 4.69) is 15.2 Å². The van der Waals surface area contributed by atoms with Gasteiger partial charge in [-0.3, -0.25) is 0 Å². The molecular weight excluding hydrogens is 584 g/mol. The minimum atomic E-state index is -4.87. The first-order valence-electron chi connectivity index (χ1n) is 12.4. The van der Waals surface area contributed by atoms with Crippen molar-refractivity contribution in [3.8, 4) is 5.75 Å². The van der Waals surface area contributed by atoms with E-state index in [1.807, 2.05) is 0 Å². The molecule has 0 saturated heterocycles. The highest BCUT2D eigenvalue weighted by molar-refractivity contribution is 6.30. The maximum Gasteiger partial charge on any atom is 0.573 e. The first-order valence-corrected chi connectivity index (χ1v) is 12.8. The van der Waals surface area contributed by atoms with Crippen LogP contribution in [0.3, 0.4) is 0 Å². The van der Waals surface area contributed by atoms with Crippen molar-refractivity contribution >= 4 is 29.0 Å². The summed E-state index contributed by atoms with van der Waals surface area (Å²) in [6, 6.07) is 24.1. The third-order valence-electron chi connectivity index (χ3n) is 6.67. The standard InChI is InChI=1S/C30H20ClF6N3O2/c31-23-12-6-19(7-13-23)26-28(20-4-2-1-3-5-20,21-8-10-22(11-9-21)29(32,33)34)18-40(39-26)27(41)38-24-14-16-25(17-15-24)42-30(35,36)37/h1-17H,18H2,(H,38,41). The summed E-state index contributed by atoms with van der Waals surface area (Å²) in [6.45, 7) is -0.0958. The van der Waals surface area contributed by atoms with Crippen molar-refractivity contribution in [2.24, 2.45) is 5.10 Å². The van der Waals surface area contributed by atoms with Crippen LogP contribution in [-0.4, -0.2) is 29.7 Å². The Labute approximate surface area is 241 Å². The highest BCUT2D eigenvalue weighted by Gasteiger charge is 2.48. The topological polar surface area (TPSA) is 53.9 Å². The largest absolute Gasteiger partial charge is 0.573 e. The fraction of sp³-hybridized carbons (Fsp3) is 0.133. The first-order chi connectivity index (χ1) is 19.8. The lowest BCUT2D eigenvalue weighted by Crippen LogP contribution is -2.42. The Balaban J connectivity index is 1.56. The van der Waals surface area contributed by atoms with Gasteiger partial charge < -0.3 is 10.1 Å². The molecule has 0 aliphatic carbocycles. The van der Waals surface area contributed by atoms with E-state index in [-0.39, 0.29) is 12.2 Å². The quantitative estimate of drug-likeness (QED) is 0.233. The summed E-state index contributed by atoms with van der Waals surface area (Å²) < 4.78 is 81.6. The van der Waals surface area contributed by atoms with Gasteiger partial charge in [0.2, 0.25) is 0 Å². The van der Waals surface area contributed by atoms with Crippen molar-refractivity contribution in [1.82, 2.24) is 5.01 Å². The number of carbonyl (C=O) groups is 1. The van der Waals surface area contributed by atoms with E-state index < -0.39 is 35.3 Å². The van der Waals surface area contributed by atoms with Crippen LogP contribution >= 0.6 is 11.6 Å². The normalized spacial score (nSPS) is 17.1. The molecule has 0 spiro atoms. The van der Waals surface area contributed by atoms with E-state index in [1.165, 1.54) is 24.3 Å². The fourth-order valence-corrected chi connectivity index (χ4v) is 4.91. The van der Waals surface area contributed by atoms with Crippen molar-refractivity contribution in [2.75, 3.05) is 11.9 Å². The predicted octanol–water partition coefficient (Wildman–Crippen LogP) is 8.50. The number of nitrogens with zero attached hydrogens (tertiary/aromatic N) is 2. The molecule has 1 heterocycles. The number of benzene rings is 4. The van der Waals surface area contributed by atoms with Crippen LogP contribution in [0.4, 0.5) is 36.8 Å². The number of rotatable bonds is 5. The lowest BCUT2D eigenvalue weighted by atomic mass is 9.69. The highest BCUT2D eigenvalue weighted by atomic mass is 35.5. The van der Waals surface area contributed by atoms with Crippen molar-refractivity contribution in [3.05, 3.63) is 130 Å². The molecule has 5 nitrogen and oxygen atoms in total. The Kier molecular flexibility index (Phi) is 7.63. The maximum atomic E-state index is 13.4. The summed E-state index contributed by atoms with van der Waals surface area (Å²) >= 11 is 6.11. The molecule has 5 rings (SSSR count). The molecule has 42 heavy (non-hydrogen) atoms. The number of anilines is 1. The van der Waals surface area contributed by atoms with E-state index in [1.54, 1.807) is 54.6 Å². The smallest absolute Gasteiger partial charge is 0.406 e. The van der Waals surface area contributed by atoms with Crippen molar-refractivity contribution in [1.29, 1.82) is 0 Å². The number of halogens is 7. The second kappa shape index (κ2) is 11.1. The molecular formula is C30H20ClF6N3O2. The molecule has 1 atom stereocenters. The van der Waals surface area contributed by atoms with E-state index >= 15 is 0 Å². The van der Waals surface area contributed by atoms with Crippen molar-refractivity contribution < 1.29 is 35.9 Å². The van der Waals surface area contributed by atoms with E-state index in [9.17, 15) is 31.1 Å². The van der Waals surface area contributed by atoms with Gasteiger partial charge in [0, 0.05) is 10.7 Å². The summed E-state index contributed by atoms with van der Waals surface area (Å²) in [5.41, 5.74) is 0.235. The number of carbonyl (C=O) groups excluding carboxylic acids is 1. The van der Waals surface area contributed by atoms with E-state index in [4.69, 9.17) is 11.6 Å². The first kappa shape index (κ1) is 29.0. The average molecular weight is 604 g/mol. The van der Waals surface area contributed by atoms with Gasteiger partial charge in [0.05, 0.1) is 23.2 Å². The van der Waals surface area contributed by atoms with Gasteiger partial charge in [-0.05, 0) is 65.2 Å². The minimum absolute atomic E-state index is 0.0958. The Morgan fingerprint density at radius 3 is 1.98 bits per heavy atom. The average Bonchev–Trinajstić information content (AvgIpc) is 3.36. The number of nitrogens with one attached hydrogen (secondary N) is 1. The second-order valence-electron chi connectivity index (χ2n) is 9.36. The zero-order chi connectivity index (χ0) is 30.1. The molecule has 216 valence electrons. The molecule has 0 bridgehead atoms. The van der Waals surface area contributed by atoms with E-state index in [0.29, 0.717) is 27.4 Å². The fourth-order valence-electron chi connectivity index (χ4n) is 4.79. The zero-order valence-corrected chi connectivity index (χ0v) is 22.1. The summed E-state index contributed by atoms with van der Waals surface area (Å²) in [5, 5.41) is 8.81. The van der Waals surface area contributed by atoms with Gasteiger partial charge in [-0.2, -0.15) is 18.3 Å². The van der Waals surface area contributed by atoms with Gasteiger partial charge >= 0.3 is 18.6 Å². The number of alkyl halides is 6. The summed E-state index contributed by atoms with van der Waals surface area (Å²) in [4.78, 5) is 13.4. The number of hydrogen-bond acceptors (Lipinski definition) is 3. The zero-order valence-electron chi connectivity index (χ0n) is 21.4. The van der Waals surface area contributed by atoms with E-state index in [0.717, 1.165) is 29.3 Å². The number of hydrogen-bond donors (Lipinski definition) is 1. The predicted molar refractivity (Wildman–Crippen MR) is 146 cm³/mol. The Morgan fingerprint density at radius 2 is 1.40 bits per heavy atom. The lowest BCUT2D eigenvalue weighted by Gasteiger charge is -2.32. The van der Waals surface area contributed by atoms with Gasteiger partial charge in [-0.15, -0.1) is 13.2 Å². The van der Waals surface area contributed by atoms with Gasteiger partial charge in [0.1, 0.15) is 5.75 Å². The number of amides is 2. The molecule has 0 aromatic heterocycles. The third kappa shape index (κ3) is 6.06. The number of ether oxygens (including phenoxy) is 1. The molecule has 4 aromatic rings. The SMILES string of the molecule is O=C(Nc1ccc(OC(F)(F)F)cc1)N1CC(c2ccccc2)(c2ccc(C(F)(F)F)cc2)C(c2ccc(Cl)cc2)=N1. The van der Waals surface area contributed by atoms with Gasteiger partial charge in [-0.25, -0.2) is 9.80 Å². The molecule has 12 heteroatoms. The summed E-state index contributed by atoms with van der Waals surface area (Å²) in [6.07, 6.45) is -9.42. The lowest BCUT2D eigenvalue weighted by molar-refractivity contribution is -0.274. The molecule has 1 unspecified atom stereocenters. The van der Waals surface area contributed by atoms with Crippen LogP contribution in [-0.2, 0) is 11.6 Å². The molecule has 1 aliphatic rings. The molecule has 2 amide bonds. The third-order valence-corrected chi connectivity index (χ3v) is 6.93. The van der Waals surface area contributed by atoms with Gasteiger partial charge in [0.25, 0.3) is 0 Å². The van der Waals surface area contributed by atoms with Crippen LogP contribution in [0.5, 0.6) is 5.75 Å². The second-order valence-corrected chi connectivity index (χ2v) is 9.80. The Hall–Kier alpha value is -4.51. The van der Waals surface area contributed by atoms with Gasteiger partial charge in [-0.1, -0.05) is 66.2 Å². The molecule has 0 radical (unpaired) electrons. The molecule has 1 N–H and O–H groups in total. The van der Waals surface area contributed by atoms with Crippen LogP contribution in [0.1, 0.15) is 22.3 Å². The van der Waals surface area contributed by atoms with Crippen LogP contribution in [0, 0.1) is 0 Å². The van der Waals surface area contributed by atoms with Crippen molar-refractivity contribution in [2.45, 2.75) is 18.0 Å².